The van der Waals surface area contributed by atoms with Crippen LogP contribution in [-0.2, 0) is 20.7 Å². The van der Waals surface area contributed by atoms with Crippen LogP contribution >= 0.6 is 11.6 Å². The molecule has 1 aromatic carbocycles. The summed E-state index contributed by atoms with van der Waals surface area (Å²) in [6.07, 6.45) is -0.666. The molecule has 0 bridgehead atoms. The summed E-state index contributed by atoms with van der Waals surface area (Å²) in [7, 11) is 0. The number of amides is 3. The van der Waals surface area contributed by atoms with Gasteiger partial charge in [0.1, 0.15) is 12.4 Å². The molecule has 8 heteroatoms. The highest BCUT2D eigenvalue weighted by molar-refractivity contribution is 6.30. The first-order chi connectivity index (χ1) is 11.4. The van der Waals surface area contributed by atoms with E-state index in [1.165, 1.54) is 6.92 Å². The van der Waals surface area contributed by atoms with Crippen LogP contribution in [0, 0.1) is 5.92 Å². The fourth-order valence-corrected chi connectivity index (χ4v) is 2.45. The highest BCUT2D eigenvalue weighted by Crippen LogP contribution is 2.30. The van der Waals surface area contributed by atoms with Crippen LogP contribution in [0.3, 0.4) is 0 Å². The Balaban J connectivity index is 1.90. The van der Waals surface area contributed by atoms with E-state index >= 15 is 0 Å². The van der Waals surface area contributed by atoms with E-state index < -0.39 is 29.9 Å². The predicted molar refractivity (Wildman–Crippen MR) is 86.9 cm³/mol. The lowest BCUT2D eigenvalue weighted by molar-refractivity contribution is -0.159. The normalized spacial score (nSPS) is 17.0. The average Bonchev–Trinajstić information content (AvgIpc) is 2.54. The molecule has 2 unspecified atom stereocenters. The second-order valence-corrected chi connectivity index (χ2v) is 5.83. The summed E-state index contributed by atoms with van der Waals surface area (Å²) in [4.78, 5) is 35.3. The van der Waals surface area contributed by atoms with Crippen molar-refractivity contribution in [2.75, 3.05) is 13.2 Å². The standard InChI is InChI=1S/C16H19ClN2O5/c1-3-18-16(22)19-14(20)9(2)24-15(21)11-6-10-7-12(17)4-5-13(10)23-8-11/h4-5,7,9,11H,3,6,8H2,1-2H3,(H2,18,19,20,22). The number of hydrogen-bond acceptors (Lipinski definition) is 5. The van der Waals surface area contributed by atoms with Gasteiger partial charge in [-0.15, -0.1) is 0 Å². The first-order valence-electron chi connectivity index (χ1n) is 7.61. The van der Waals surface area contributed by atoms with Crippen LogP contribution in [0.2, 0.25) is 5.02 Å². The first kappa shape index (κ1) is 18.1. The van der Waals surface area contributed by atoms with Gasteiger partial charge in [-0.3, -0.25) is 14.9 Å². The number of urea groups is 1. The first-order valence-corrected chi connectivity index (χ1v) is 7.99. The third-order valence-electron chi connectivity index (χ3n) is 3.50. The number of imide groups is 1. The Labute approximate surface area is 144 Å². The van der Waals surface area contributed by atoms with Crippen molar-refractivity contribution < 1.29 is 23.9 Å². The Hall–Kier alpha value is -2.28. The molecule has 0 aliphatic carbocycles. The van der Waals surface area contributed by atoms with Gasteiger partial charge >= 0.3 is 12.0 Å². The zero-order valence-electron chi connectivity index (χ0n) is 13.4. The number of fused-ring (bicyclic) bond motifs is 1. The van der Waals surface area contributed by atoms with Gasteiger partial charge in [-0.1, -0.05) is 11.6 Å². The van der Waals surface area contributed by atoms with Crippen LogP contribution in [0.4, 0.5) is 4.79 Å². The fourth-order valence-electron chi connectivity index (χ4n) is 2.26. The smallest absolute Gasteiger partial charge is 0.321 e. The van der Waals surface area contributed by atoms with Gasteiger partial charge in [0.2, 0.25) is 0 Å². The zero-order chi connectivity index (χ0) is 17.7. The van der Waals surface area contributed by atoms with Crippen molar-refractivity contribution in [1.82, 2.24) is 10.6 Å². The minimum absolute atomic E-state index is 0.165. The second kappa shape index (κ2) is 8.01. The molecule has 130 valence electrons. The van der Waals surface area contributed by atoms with Gasteiger partial charge in [-0.05, 0) is 44.0 Å². The van der Waals surface area contributed by atoms with E-state index in [1.54, 1.807) is 25.1 Å². The predicted octanol–water partition coefficient (Wildman–Crippen LogP) is 1.67. The SMILES string of the molecule is CCNC(=O)NC(=O)C(C)OC(=O)C1COc2ccc(Cl)cc2C1. The van der Waals surface area contributed by atoms with Gasteiger partial charge in [0.15, 0.2) is 6.10 Å². The number of halogens is 1. The van der Waals surface area contributed by atoms with Crippen molar-refractivity contribution in [2.24, 2.45) is 5.92 Å². The average molecular weight is 355 g/mol. The van der Waals surface area contributed by atoms with Gasteiger partial charge < -0.3 is 14.8 Å². The summed E-state index contributed by atoms with van der Waals surface area (Å²) in [5.74, 6) is -1.09. The molecule has 2 N–H and O–H groups in total. The summed E-state index contributed by atoms with van der Waals surface area (Å²) in [6.45, 7) is 3.68. The molecule has 2 rings (SSSR count). The minimum Gasteiger partial charge on any atom is -0.492 e. The van der Waals surface area contributed by atoms with E-state index in [-0.39, 0.29) is 6.61 Å². The van der Waals surface area contributed by atoms with Gasteiger partial charge in [0, 0.05) is 11.6 Å². The van der Waals surface area contributed by atoms with Crippen molar-refractivity contribution in [1.29, 1.82) is 0 Å². The van der Waals surface area contributed by atoms with E-state index in [4.69, 9.17) is 21.1 Å². The van der Waals surface area contributed by atoms with Crippen LogP contribution in [0.1, 0.15) is 19.4 Å². The lowest BCUT2D eigenvalue weighted by atomic mass is 9.97. The van der Waals surface area contributed by atoms with E-state index in [9.17, 15) is 14.4 Å². The molecule has 0 aromatic heterocycles. The lowest BCUT2D eigenvalue weighted by Crippen LogP contribution is -2.45. The Morgan fingerprint density at radius 1 is 1.42 bits per heavy atom. The molecule has 3 amide bonds. The molecule has 0 fully saturated rings. The summed E-state index contributed by atoms with van der Waals surface area (Å²) in [6, 6.07) is 4.57. The Morgan fingerprint density at radius 2 is 2.17 bits per heavy atom. The van der Waals surface area contributed by atoms with Crippen molar-refractivity contribution in [3.05, 3.63) is 28.8 Å². The number of benzene rings is 1. The summed E-state index contributed by atoms with van der Waals surface area (Å²) in [5, 5.41) is 5.07. The molecule has 24 heavy (non-hydrogen) atoms. The van der Waals surface area contributed by atoms with Crippen molar-refractivity contribution >= 4 is 29.5 Å². The summed E-state index contributed by atoms with van der Waals surface area (Å²) < 4.78 is 10.7. The molecule has 1 aromatic rings. The molecule has 0 saturated heterocycles. The molecule has 0 spiro atoms. The number of ether oxygens (including phenoxy) is 2. The molecule has 1 aliphatic rings. The Morgan fingerprint density at radius 3 is 2.88 bits per heavy atom. The quantitative estimate of drug-likeness (QED) is 0.802. The largest absolute Gasteiger partial charge is 0.492 e. The molecule has 1 aliphatic heterocycles. The van der Waals surface area contributed by atoms with E-state index in [2.05, 4.69) is 10.6 Å². The zero-order valence-corrected chi connectivity index (χ0v) is 14.2. The highest BCUT2D eigenvalue weighted by Gasteiger charge is 2.30. The molecular formula is C16H19ClN2O5. The van der Waals surface area contributed by atoms with Crippen LogP contribution in [-0.4, -0.2) is 37.2 Å². The fraction of sp³-hybridized carbons (Fsp3) is 0.438. The summed E-state index contributed by atoms with van der Waals surface area (Å²) >= 11 is 5.94. The number of esters is 1. The third-order valence-corrected chi connectivity index (χ3v) is 3.73. The van der Waals surface area contributed by atoms with Crippen LogP contribution in [0.5, 0.6) is 5.75 Å². The maximum atomic E-state index is 12.2. The van der Waals surface area contributed by atoms with Crippen molar-refractivity contribution in [3.63, 3.8) is 0 Å². The van der Waals surface area contributed by atoms with Gasteiger partial charge in [-0.25, -0.2) is 4.79 Å². The van der Waals surface area contributed by atoms with Crippen molar-refractivity contribution in [2.45, 2.75) is 26.4 Å². The van der Waals surface area contributed by atoms with Gasteiger partial charge in [0.25, 0.3) is 5.91 Å². The van der Waals surface area contributed by atoms with Gasteiger partial charge in [0.05, 0.1) is 5.92 Å². The van der Waals surface area contributed by atoms with E-state index in [0.717, 1.165) is 5.56 Å². The van der Waals surface area contributed by atoms with E-state index in [0.29, 0.717) is 23.7 Å². The second-order valence-electron chi connectivity index (χ2n) is 5.39. The number of hydrogen-bond donors (Lipinski definition) is 2. The number of nitrogens with one attached hydrogen (secondary N) is 2. The van der Waals surface area contributed by atoms with E-state index in [1.807, 2.05) is 0 Å². The maximum absolute atomic E-state index is 12.2. The number of carbonyl (C=O) groups is 3. The lowest BCUT2D eigenvalue weighted by Gasteiger charge is -2.25. The minimum atomic E-state index is -1.08. The molecule has 0 radical (unpaired) electrons. The monoisotopic (exact) mass is 354 g/mol. The maximum Gasteiger partial charge on any atom is 0.321 e. The number of rotatable bonds is 4. The highest BCUT2D eigenvalue weighted by atomic mass is 35.5. The third kappa shape index (κ3) is 4.61. The number of carbonyl (C=O) groups excluding carboxylic acids is 3. The Bertz CT molecular complexity index is 649. The summed E-state index contributed by atoms with van der Waals surface area (Å²) in [5.41, 5.74) is 0.815. The molecular weight excluding hydrogens is 336 g/mol. The Kier molecular flexibility index (Phi) is 6.03. The van der Waals surface area contributed by atoms with Crippen molar-refractivity contribution in [3.8, 4) is 5.75 Å². The van der Waals surface area contributed by atoms with Crippen LogP contribution in [0.15, 0.2) is 18.2 Å². The van der Waals surface area contributed by atoms with Gasteiger partial charge in [-0.2, -0.15) is 0 Å². The van der Waals surface area contributed by atoms with Crippen LogP contribution < -0.4 is 15.4 Å². The molecule has 7 nitrogen and oxygen atoms in total. The topological polar surface area (TPSA) is 93.7 Å². The molecule has 0 saturated carbocycles. The molecule has 2 atom stereocenters. The van der Waals surface area contributed by atoms with Crippen LogP contribution in [0.25, 0.3) is 0 Å². The molecule has 1 heterocycles.